The highest BCUT2D eigenvalue weighted by atomic mass is 19.3. The average molecular weight is 301 g/mol. The van der Waals surface area contributed by atoms with Crippen LogP contribution in [0.1, 0.15) is 31.1 Å². The molecule has 0 aliphatic carbocycles. The van der Waals surface area contributed by atoms with Crippen molar-refractivity contribution in [3.8, 4) is 5.75 Å². The van der Waals surface area contributed by atoms with Crippen LogP contribution >= 0.6 is 0 Å². The lowest BCUT2D eigenvalue weighted by Gasteiger charge is -2.20. The maximum atomic E-state index is 12.0. The van der Waals surface area contributed by atoms with Crippen LogP contribution in [0.4, 0.5) is 8.78 Å². The van der Waals surface area contributed by atoms with Crippen molar-refractivity contribution in [1.82, 2.24) is 5.32 Å². The maximum absolute atomic E-state index is 12.0. The summed E-state index contributed by atoms with van der Waals surface area (Å²) in [6.07, 6.45) is 0. The molecule has 7 heteroatoms. The van der Waals surface area contributed by atoms with Gasteiger partial charge in [-0.2, -0.15) is 8.78 Å². The molecule has 1 N–H and O–H groups in total. The second-order valence-corrected chi connectivity index (χ2v) is 5.28. The van der Waals surface area contributed by atoms with Crippen molar-refractivity contribution in [2.75, 3.05) is 6.61 Å². The molecular formula is C14H17F2NO4. The molecule has 21 heavy (non-hydrogen) atoms. The summed E-state index contributed by atoms with van der Waals surface area (Å²) in [5, 5.41) is 2.64. The van der Waals surface area contributed by atoms with Crippen molar-refractivity contribution >= 4 is 11.9 Å². The van der Waals surface area contributed by atoms with Gasteiger partial charge in [0.2, 0.25) is 0 Å². The molecule has 0 aliphatic rings. The van der Waals surface area contributed by atoms with Crippen LogP contribution in [0.3, 0.4) is 0 Å². The summed E-state index contributed by atoms with van der Waals surface area (Å²) in [7, 11) is 0. The number of esters is 1. The molecule has 0 saturated heterocycles. The number of ether oxygens (including phenoxy) is 2. The predicted octanol–water partition coefficient (Wildman–Crippen LogP) is 2.36. The lowest BCUT2D eigenvalue weighted by Crippen LogP contribution is -2.42. The number of amides is 1. The van der Waals surface area contributed by atoms with E-state index in [0.29, 0.717) is 0 Å². The minimum Gasteiger partial charge on any atom is -0.452 e. The number of halogens is 2. The Hall–Kier alpha value is -2.18. The number of rotatable bonds is 5. The fourth-order valence-electron chi connectivity index (χ4n) is 1.44. The fraction of sp³-hybridized carbons (Fsp3) is 0.429. The molecule has 0 aromatic heterocycles. The Morgan fingerprint density at radius 1 is 1.19 bits per heavy atom. The normalized spacial score (nSPS) is 11.1. The first kappa shape index (κ1) is 16.9. The lowest BCUT2D eigenvalue weighted by atomic mass is 10.1. The zero-order valence-electron chi connectivity index (χ0n) is 12.0. The minimum absolute atomic E-state index is 0.0629. The third kappa shape index (κ3) is 6.69. The smallest absolute Gasteiger partial charge is 0.387 e. The molecule has 0 radical (unpaired) electrons. The van der Waals surface area contributed by atoms with Crippen LogP contribution in [0.25, 0.3) is 0 Å². The molecular weight excluding hydrogens is 284 g/mol. The number of benzene rings is 1. The molecule has 1 aromatic carbocycles. The van der Waals surface area contributed by atoms with E-state index in [9.17, 15) is 18.4 Å². The van der Waals surface area contributed by atoms with Crippen molar-refractivity contribution in [2.45, 2.75) is 32.9 Å². The molecule has 0 bridgehead atoms. The number of carbonyl (C=O) groups is 2. The van der Waals surface area contributed by atoms with E-state index in [1.54, 1.807) is 20.8 Å². The van der Waals surface area contributed by atoms with Gasteiger partial charge in [0.1, 0.15) is 5.75 Å². The second-order valence-electron chi connectivity index (χ2n) is 5.28. The van der Waals surface area contributed by atoms with Gasteiger partial charge in [-0.25, -0.2) is 4.79 Å². The molecule has 0 aliphatic heterocycles. The topological polar surface area (TPSA) is 64.6 Å². The van der Waals surface area contributed by atoms with E-state index >= 15 is 0 Å². The van der Waals surface area contributed by atoms with E-state index in [1.165, 1.54) is 24.3 Å². The molecule has 0 fully saturated rings. The van der Waals surface area contributed by atoms with Crippen LogP contribution in [0, 0.1) is 0 Å². The van der Waals surface area contributed by atoms with Gasteiger partial charge in [-0.3, -0.25) is 4.79 Å². The number of hydrogen-bond acceptors (Lipinski definition) is 4. The summed E-state index contributed by atoms with van der Waals surface area (Å²) in [5.41, 5.74) is -0.280. The monoisotopic (exact) mass is 301 g/mol. The average Bonchev–Trinajstić information content (AvgIpc) is 2.34. The Morgan fingerprint density at radius 3 is 2.24 bits per heavy atom. The van der Waals surface area contributed by atoms with Gasteiger partial charge in [-0.1, -0.05) is 0 Å². The Morgan fingerprint density at radius 2 is 1.76 bits per heavy atom. The first-order chi connectivity index (χ1) is 9.67. The van der Waals surface area contributed by atoms with Gasteiger partial charge in [0.15, 0.2) is 6.61 Å². The van der Waals surface area contributed by atoms with Crippen LogP contribution in [0.2, 0.25) is 0 Å². The number of alkyl halides is 2. The third-order valence-electron chi connectivity index (χ3n) is 2.16. The molecule has 0 spiro atoms. The Labute approximate surface area is 121 Å². The van der Waals surface area contributed by atoms with E-state index in [4.69, 9.17) is 4.74 Å². The highest BCUT2D eigenvalue weighted by molar-refractivity contribution is 5.91. The van der Waals surface area contributed by atoms with Gasteiger partial charge in [-0.15, -0.1) is 0 Å². The van der Waals surface area contributed by atoms with Gasteiger partial charge < -0.3 is 14.8 Å². The van der Waals surface area contributed by atoms with Crippen molar-refractivity contribution in [3.05, 3.63) is 29.8 Å². The number of hydrogen-bond donors (Lipinski definition) is 1. The third-order valence-corrected chi connectivity index (χ3v) is 2.16. The van der Waals surface area contributed by atoms with Crippen molar-refractivity contribution in [2.24, 2.45) is 0 Å². The van der Waals surface area contributed by atoms with E-state index in [-0.39, 0.29) is 11.3 Å². The van der Waals surface area contributed by atoms with Crippen LogP contribution in [0.5, 0.6) is 5.75 Å². The standard InChI is InChI=1S/C14H17F2NO4/c1-14(2,3)17-11(18)8-20-12(19)9-4-6-10(7-5-9)21-13(15)16/h4-7,13H,8H2,1-3H3,(H,17,18). The first-order valence-electron chi connectivity index (χ1n) is 6.20. The van der Waals surface area contributed by atoms with Crippen molar-refractivity contribution in [1.29, 1.82) is 0 Å². The predicted molar refractivity (Wildman–Crippen MR) is 71.3 cm³/mol. The minimum atomic E-state index is -2.93. The summed E-state index contributed by atoms with van der Waals surface area (Å²) in [6, 6.07) is 5.00. The van der Waals surface area contributed by atoms with Gasteiger partial charge >= 0.3 is 12.6 Å². The van der Waals surface area contributed by atoms with Gasteiger partial charge in [-0.05, 0) is 45.0 Å². The maximum Gasteiger partial charge on any atom is 0.387 e. The van der Waals surface area contributed by atoms with E-state index in [2.05, 4.69) is 10.1 Å². The van der Waals surface area contributed by atoms with E-state index in [0.717, 1.165) is 0 Å². The molecule has 0 heterocycles. The summed E-state index contributed by atoms with van der Waals surface area (Å²) in [6.45, 7) is 2.06. The van der Waals surface area contributed by atoms with Crippen LogP contribution in [-0.2, 0) is 9.53 Å². The summed E-state index contributed by atoms with van der Waals surface area (Å²) < 4.78 is 32.9. The first-order valence-corrected chi connectivity index (χ1v) is 6.20. The summed E-state index contributed by atoms with van der Waals surface area (Å²) >= 11 is 0. The quantitative estimate of drug-likeness (QED) is 0.848. The van der Waals surface area contributed by atoms with Gasteiger partial charge in [0, 0.05) is 5.54 Å². The molecule has 116 valence electrons. The molecule has 0 unspecified atom stereocenters. The summed E-state index contributed by atoms with van der Waals surface area (Å²) in [4.78, 5) is 23.1. The second kappa shape index (κ2) is 7.01. The molecule has 1 rings (SSSR count). The van der Waals surface area contributed by atoms with E-state index < -0.39 is 30.6 Å². The molecule has 1 amide bonds. The largest absolute Gasteiger partial charge is 0.452 e. The Balaban J connectivity index is 2.50. The number of carbonyl (C=O) groups excluding carboxylic acids is 2. The molecule has 1 aromatic rings. The van der Waals surface area contributed by atoms with E-state index in [1.807, 2.05) is 0 Å². The highest BCUT2D eigenvalue weighted by Gasteiger charge is 2.16. The number of nitrogens with one attached hydrogen (secondary N) is 1. The fourth-order valence-corrected chi connectivity index (χ4v) is 1.44. The lowest BCUT2D eigenvalue weighted by molar-refractivity contribution is -0.125. The van der Waals surface area contributed by atoms with Gasteiger partial charge in [0.25, 0.3) is 5.91 Å². The Kier molecular flexibility index (Phi) is 5.63. The van der Waals surface area contributed by atoms with Crippen LogP contribution in [0.15, 0.2) is 24.3 Å². The molecule has 0 atom stereocenters. The van der Waals surface area contributed by atoms with Crippen LogP contribution in [-0.4, -0.2) is 30.6 Å². The van der Waals surface area contributed by atoms with Crippen LogP contribution < -0.4 is 10.1 Å². The highest BCUT2D eigenvalue weighted by Crippen LogP contribution is 2.15. The molecule has 0 saturated carbocycles. The zero-order valence-corrected chi connectivity index (χ0v) is 12.0. The van der Waals surface area contributed by atoms with Crippen molar-refractivity contribution < 1.29 is 27.8 Å². The molecule has 5 nitrogen and oxygen atoms in total. The Bertz CT molecular complexity index is 495. The van der Waals surface area contributed by atoms with Crippen molar-refractivity contribution in [3.63, 3.8) is 0 Å². The SMILES string of the molecule is CC(C)(C)NC(=O)COC(=O)c1ccc(OC(F)F)cc1. The van der Waals surface area contributed by atoms with Gasteiger partial charge in [0.05, 0.1) is 5.56 Å². The zero-order chi connectivity index (χ0) is 16.0. The summed E-state index contributed by atoms with van der Waals surface area (Å²) in [5.74, 6) is -1.21.